The Kier molecular flexibility index (Phi) is 13.5. The van der Waals surface area contributed by atoms with Gasteiger partial charge in [0.15, 0.2) is 0 Å². The molecule has 0 radical (unpaired) electrons. The van der Waals surface area contributed by atoms with Crippen LogP contribution in [0.5, 0.6) is 0 Å². The van der Waals surface area contributed by atoms with E-state index in [1.165, 1.54) is 149 Å². The Morgan fingerprint density at radius 3 is 1.22 bits per heavy atom. The average molecular weight is 1160 g/mol. The van der Waals surface area contributed by atoms with Crippen molar-refractivity contribution >= 4 is 83.5 Å². The highest BCUT2D eigenvalue weighted by Crippen LogP contribution is 2.52. The first-order valence-electron chi connectivity index (χ1n) is 32.3. The molecule has 0 saturated heterocycles. The van der Waals surface area contributed by atoms with Crippen molar-refractivity contribution in [3.8, 4) is 50.2 Å². The molecule has 1 aromatic heterocycles. The summed E-state index contributed by atoms with van der Waals surface area (Å²) in [5, 5.41) is 7.31. The molecule has 2 aliphatic rings. The minimum absolute atomic E-state index is 0.00770. The van der Waals surface area contributed by atoms with Crippen molar-refractivity contribution < 1.29 is 0 Å². The number of nitrogens with zero attached hydrogens (tertiary/aromatic N) is 2. The zero-order valence-corrected chi connectivity index (χ0v) is 54.9. The smallest absolute Gasteiger partial charge is 0.252 e. The zero-order valence-electron chi connectivity index (χ0n) is 54.9. The van der Waals surface area contributed by atoms with Crippen molar-refractivity contribution in [1.82, 2.24) is 4.57 Å². The quantitative estimate of drug-likeness (QED) is 0.156. The molecule has 0 aliphatic carbocycles. The summed E-state index contributed by atoms with van der Waals surface area (Å²) in [7, 11) is 0. The van der Waals surface area contributed by atoms with Gasteiger partial charge in [0.25, 0.3) is 6.71 Å². The summed E-state index contributed by atoms with van der Waals surface area (Å²) >= 11 is 0. The van der Waals surface area contributed by atoms with Crippen molar-refractivity contribution in [3.63, 3.8) is 0 Å². The fraction of sp³-hybridized carbons (Fsp3) is 0.233. The molecule has 14 rings (SSSR count). The van der Waals surface area contributed by atoms with E-state index in [2.05, 4.69) is 344 Å². The Bertz CT molecular complexity index is 4800. The molecule has 0 fully saturated rings. The topological polar surface area (TPSA) is 8.17 Å². The van der Waals surface area contributed by atoms with Gasteiger partial charge in [-0.3, -0.25) is 0 Å². The lowest BCUT2D eigenvalue weighted by atomic mass is 9.33. The molecule has 3 heterocycles. The van der Waals surface area contributed by atoms with Crippen LogP contribution in [0.4, 0.5) is 17.1 Å². The van der Waals surface area contributed by atoms with Crippen LogP contribution in [-0.2, 0) is 27.1 Å². The summed E-state index contributed by atoms with van der Waals surface area (Å²) in [6, 6.07) is 89.7. The number of fused-ring (bicyclic) bond motifs is 11. The summed E-state index contributed by atoms with van der Waals surface area (Å²) in [6.45, 7) is 35.2. The van der Waals surface area contributed by atoms with Crippen LogP contribution in [0, 0.1) is 0 Å². The van der Waals surface area contributed by atoms with Crippen LogP contribution in [0.2, 0.25) is 0 Å². The van der Waals surface area contributed by atoms with Gasteiger partial charge in [-0.05, 0) is 169 Å². The van der Waals surface area contributed by atoms with E-state index in [1.807, 2.05) is 0 Å². The van der Waals surface area contributed by atoms with Crippen LogP contribution < -0.4 is 21.3 Å². The molecule has 11 aromatic carbocycles. The lowest BCUT2D eigenvalue weighted by Gasteiger charge is -2.43. The number of hydrogen-bond acceptors (Lipinski definition) is 1. The number of benzene rings is 11. The summed E-state index contributed by atoms with van der Waals surface area (Å²) < 4.78 is 2.71. The highest BCUT2D eigenvalue weighted by atomic mass is 15.2. The van der Waals surface area contributed by atoms with Crippen molar-refractivity contribution in [2.75, 3.05) is 4.90 Å². The predicted molar refractivity (Wildman–Crippen MR) is 388 cm³/mol. The van der Waals surface area contributed by atoms with Crippen molar-refractivity contribution in [2.45, 2.75) is 131 Å². The first kappa shape index (κ1) is 57.8. The molecule has 0 saturated carbocycles. The lowest BCUT2D eigenvalue weighted by molar-refractivity contribution is 0.569. The number of hydrogen-bond donors (Lipinski definition) is 0. The summed E-state index contributed by atoms with van der Waals surface area (Å²) in [6.07, 6.45) is 0. The molecular formula is C86H83BN2. The molecule has 2 aliphatic heterocycles. The summed E-state index contributed by atoms with van der Waals surface area (Å²) in [4.78, 5) is 2.74. The number of para-hydroxylation sites is 1. The minimum Gasteiger partial charge on any atom is -0.310 e. The van der Waals surface area contributed by atoms with Crippen LogP contribution in [0.15, 0.2) is 231 Å². The maximum absolute atomic E-state index is 2.74. The first-order chi connectivity index (χ1) is 42.3. The normalized spacial score (nSPS) is 13.3. The van der Waals surface area contributed by atoms with Crippen molar-refractivity contribution in [2.24, 2.45) is 0 Å². The molecule has 3 heteroatoms. The third kappa shape index (κ3) is 9.97. The molecule has 0 unspecified atom stereocenters. The Balaban J connectivity index is 1.24. The second kappa shape index (κ2) is 20.8. The highest BCUT2D eigenvalue weighted by molar-refractivity contribution is 7.00. The number of anilines is 3. The van der Waals surface area contributed by atoms with E-state index in [0.29, 0.717) is 0 Å². The third-order valence-corrected chi connectivity index (χ3v) is 19.4. The van der Waals surface area contributed by atoms with Crippen LogP contribution >= 0.6 is 0 Å². The second-order valence-electron chi connectivity index (χ2n) is 30.7. The molecular weight excluding hydrogens is 1070 g/mol. The van der Waals surface area contributed by atoms with Gasteiger partial charge in [-0.25, -0.2) is 0 Å². The molecule has 0 N–H and O–H groups in total. The maximum atomic E-state index is 2.74. The van der Waals surface area contributed by atoms with E-state index in [0.717, 1.165) is 5.52 Å². The van der Waals surface area contributed by atoms with Crippen LogP contribution in [0.3, 0.4) is 0 Å². The molecule has 2 nitrogen and oxygen atoms in total. The monoisotopic (exact) mass is 1150 g/mol. The van der Waals surface area contributed by atoms with Crippen molar-refractivity contribution in [3.05, 3.63) is 258 Å². The van der Waals surface area contributed by atoms with E-state index < -0.39 is 0 Å². The number of rotatable bonds is 5. The molecule has 0 amide bonds. The standard InChI is InChI=1S/C86H83BN2/c1-82(2,3)60-41-38-54(39-42-60)59-46-72-68-35-25-23-33-66(68)65-32-22-24-34-67(65)69-36-26-27-37-75(69)88-77-52-64(86(13,14)15)53-78-79(77)87(74(47-59)81(72)88)73-43-40-57(58-44-61(83(4,5)6)49-62(45-58)84(7,8)9)48-76(73)89(78)80-70(55-28-18-16-19-29-55)50-63(85(10,11)12)51-71(80)56-30-20-17-21-31-56/h16-53H,1-15H3. The molecule has 12 aromatic rings. The van der Waals surface area contributed by atoms with Gasteiger partial charge in [-0.15, -0.1) is 0 Å². The van der Waals surface area contributed by atoms with Gasteiger partial charge in [-0.2, -0.15) is 0 Å². The fourth-order valence-corrected chi connectivity index (χ4v) is 14.2. The maximum Gasteiger partial charge on any atom is 0.252 e. The van der Waals surface area contributed by atoms with Gasteiger partial charge >= 0.3 is 0 Å². The predicted octanol–water partition coefficient (Wildman–Crippen LogP) is 22.0. The molecule has 0 atom stereocenters. The van der Waals surface area contributed by atoms with Crippen LogP contribution in [0.1, 0.15) is 132 Å². The highest BCUT2D eigenvalue weighted by Gasteiger charge is 2.44. The zero-order chi connectivity index (χ0) is 62.3. The first-order valence-corrected chi connectivity index (χ1v) is 32.3. The van der Waals surface area contributed by atoms with E-state index in [1.54, 1.807) is 0 Å². The van der Waals surface area contributed by atoms with Crippen molar-refractivity contribution in [1.29, 1.82) is 0 Å². The second-order valence-corrected chi connectivity index (χ2v) is 30.7. The van der Waals surface area contributed by atoms with E-state index >= 15 is 0 Å². The average Bonchev–Trinajstić information content (AvgIpc) is 1.37. The Morgan fingerprint density at radius 1 is 0.270 bits per heavy atom. The third-order valence-electron chi connectivity index (χ3n) is 19.4. The van der Waals surface area contributed by atoms with E-state index in [-0.39, 0.29) is 33.8 Å². The number of aromatic nitrogens is 1. The molecule has 440 valence electrons. The van der Waals surface area contributed by atoms with Crippen LogP contribution in [-0.4, -0.2) is 11.3 Å². The Morgan fingerprint density at radius 2 is 0.697 bits per heavy atom. The lowest BCUT2D eigenvalue weighted by Crippen LogP contribution is -2.60. The Labute approximate surface area is 529 Å². The van der Waals surface area contributed by atoms with Gasteiger partial charge in [-0.1, -0.05) is 292 Å². The SMILES string of the molecule is CC(C)(C)c1ccc(-c2cc3c4c(c2)c2ccccc2c2ccccc2c2ccccc2n4-c2cc(C(C)(C)C)cc4c2B3c2ccc(-c3cc(C(C)(C)C)cc(C(C)(C)C)c3)cc2N4c2c(-c3ccccc3)cc(C(C)(C)C)cc2-c2ccccc2)cc1. The largest absolute Gasteiger partial charge is 0.310 e. The minimum atomic E-state index is -0.253. The Hall–Kier alpha value is -8.92. The molecule has 0 spiro atoms. The summed E-state index contributed by atoms with van der Waals surface area (Å²) in [5.41, 5.74) is 26.7. The van der Waals surface area contributed by atoms with Gasteiger partial charge in [0, 0.05) is 44.5 Å². The van der Waals surface area contributed by atoms with Gasteiger partial charge in [0.1, 0.15) is 0 Å². The van der Waals surface area contributed by atoms with Gasteiger partial charge in [0.2, 0.25) is 0 Å². The van der Waals surface area contributed by atoms with Crippen LogP contribution in [0.25, 0.3) is 93.5 Å². The summed E-state index contributed by atoms with van der Waals surface area (Å²) in [5.74, 6) is 0. The molecule has 89 heavy (non-hydrogen) atoms. The molecule has 0 bridgehead atoms. The van der Waals surface area contributed by atoms with E-state index in [4.69, 9.17) is 0 Å². The fourth-order valence-electron chi connectivity index (χ4n) is 14.2. The van der Waals surface area contributed by atoms with Gasteiger partial charge < -0.3 is 9.47 Å². The van der Waals surface area contributed by atoms with E-state index in [9.17, 15) is 0 Å². The van der Waals surface area contributed by atoms with Gasteiger partial charge in [0.05, 0.1) is 11.2 Å².